The lowest BCUT2D eigenvalue weighted by Gasteiger charge is -2.12. The Labute approximate surface area is 115 Å². The van der Waals surface area contributed by atoms with E-state index in [2.05, 4.69) is 10.3 Å². The second-order valence-corrected chi connectivity index (χ2v) is 5.07. The monoisotopic (exact) mass is 283 g/mol. The Morgan fingerprint density at radius 1 is 1.15 bits per heavy atom. The minimum absolute atomic E-state index is 0.0734. The van der Waals surface area contributed by atoms with Crippen LogP contribution < -0.4 is 5.32 Å². The molecule has 0 atom stereocenters. The third kappa shape index (κ3) is 2.95. The van der Waals surface area contributed by atoms with Crippen LogP contribution in [0.15, 0.2) is 18.3 Å². The molecule has 2 aromatic rings. The molecule has 1 aromatic heterocycles. The Morgan fingerprint density at radius 3 is 2.45 bits per heavy atom. The molecule has 0 bridgehead atoms. The molecule has 1 aromatic carbocycles. The van der Waals surface area contributed by atoms with E-state index in [-0.39, 0.29) is 5.69 Å². The van der Waals surface area contributed by atoms with Crippen molar-refractivity contribution >= 4 is 5.95 Å². The van der Waals surface area contributed by atoms with Gasteiger partial charge in [-0.3, -0.25) is 4.57 Å². The van der Waals surface area contributed by atoms with E-state index >= 15 is 0 Å². The minimum Gasteiger partial charge on any atom is -0.355 e. The highest BCUT2D eigenvalue weighted by Gasteiger charge is 2.15. The molecule has 20 heavy (non-hydrogen) atoms. The summed E-state index contributed by atoms with van der Waals surface area (Å²) in [5.74, 6) is -2.37. The molecule has 0 radical (unpaired) electrons. The fraction of sp³-hybridized carbons (Fsp3) is 0.357. The van der Waals surface area contributed by atoms with Crippen LogP contribution in [-0.2, 0) is 0 Å². The van der Waals surface area contributed by atoms with E-state index in [1.54, 1.807) is 13.1 Å². The van der Waals surface area contributed by atoms with Crippen molar-refractivity contribution in [3.8, 4) is 5.69 Å². The van der Waals surface area contributed by atoms with Gasteiger partial charge in [0.1, 0.15) is 5.82 Å². The molecule has 1 heterocycles. The van der Waals surface area contributed by atoms with Gasteiger partial charge in [0.25, 0.3) is 0 Å². The smallest absolute Gasteiger partial charge is 0.207 e. The topological polar surface area (TPSA) is 29.9 Å². The molecule has 0 aliphatic carbocycles. The normalized spacial score (nSPS) is 11.2. The maximum Gasteiger partial charge on any atom is 0.207 e. The lowest BCUT2D eigenvalue weighted by molar-refractivity contribution is 0.493. The predicted octanol–water partition coefficient (Wildman–Crippen LogP) is 3.67. The molecule has 3 nitrogen and oxygen atoms in total. The zero-order valence-corrected chi connectivity index (χ0v) is 11.5. The van der Waals surface area contributed by atoms with E-state index in [9.17, 15) is 13.2 Å². The summed E-state index contributed by atoms with van der Waals surface area (Å²) >= 11 is 0. The van der Waals surface area contributed by atoms with E-state index < -0.39 is 17.5 Å². The highest BCUT2D eigenvalue weighted by molar-refractivity contribution is 5.44. The Kier molecular flexibility index (Phi) is 4.01. The van der Waals surface area contributed by atoms with Gasteiger partial charge in [-0.1, -0.05) is 13.8 Å². The average molecular weight is 283 g/mol. The van der Waals surface area contributed by atoms with Crippen molar-refractivity contribution in [2.75, 3.05) is 11.9 Å². The zero-order valence-electron chi connectivity index (χ0n) is 11.5. The third-order valence-electron chi connectivity index (χ3n) is 2.74. The van der Waals surface area contributed by atoms with Gasteiger partial charge in [0, 0.05) is 24.9 Å². The van der Waals surface area contributed by atoms with Gasteiger partial charge in [-0.15, -0.1) is 0 Å². The van der Waals surface area contributed by atoms with Gasteiger partial charge in [0.05, 0.1) is 11.4 Å². The standard InChI is InChI=1S/C14H16F3N3/c1-8(2)6-18-14-19-9(3)7-20(14)13-5-11(16)10(15)4-12(13)17/h4-5,7-8H,6H2,1-3H3,(H,18,19). The molecule has 2 rings (SSSR count). The Bertz CT molecular complexity index is 620. The van der Waals surface area contributed by atoms with Gasteiger partial charge >= 0.3 is 0 Å². The quantitative estimate of drug-likeness (QED) is 0.868. The summed E-state index contributed by atoms with van der Waals surface area (Å²) in [6.45, 7) is 6.42. The lowest BCUT2D eigenvalue weighted by Crippen LogP contribution is -2.12. The van der Waals surface area contributed by atoms with Crippen molar-refractivity contribution < 1.29 is 13.2 Å². The third-order valence-corrected chi connectivity index (χ3v) is 2.74. The van der Waals surface area contributed by atoms with Crippen LogP contribution >= 0.6 is 0 Å². The second-order valence-electron chi connectivity index (χ2n) is 5.07. The summed E-state index contributed by atoms with van der Waals surface area (Å²) in [5.41, 5.74) is 0.580. The molecule has 0 saturated heterocycles. The van der Waals surface area contributed by atoms with Crippen LogP contribution in [0.3, 0.4) is 0 Å². The van der Waals surface area contributed by atoms with Crippen LogP contribution in [0.1, 0.15) is 19.5 Å². The maximum absolute atomic E-state index is 13.8. The van der Waals surface area contributed by atoms with Crippen LogP contribution in [0.25, 0.3) is 5.69 Å². The van der Waals surface area contributed by atoms with E-state index in [1.807, 2.05) is 13.8 Å². The average Bonchev–Trinajstić information content (AvgIpc) is 2.72. The molecule has 0 aliphatic heterocycles. The number of nitrogens with zero attached hydrogens (tertiary/aromatic N) is 2. The SMILES string of the molecule is Cc1cn(-c2cc(F)c(F)cc2F)c(NCC(C)C)n1. The molecule has 0 spiro atoms. The summed E-state index contributed by atoms with van der Waals surface area (Å²) in [6.07, 6.45) is 1.57. The summed E-state index contributed by atoms with van der Waals surface area (Å²) in [4.78, 5) is 4.22. The highest BCUT2D eigenvalue weighted by Crippen LogP contribution is 2.22. The highest BCUT2D eigenvalue weighted by atomic mass is 19.2. The maximum atomic E-state index is 13.8. The number of anilines is 1. The molecule has 6 heteroatoms. The fourth-order valence-corrected chi connectivity index (χ4v) is 1.80. The zero-order chi connectivity index (χ0) is 14.9. The molecule has 108 valence electrons. The molecule has 0 amide bonds. The van der Waals surface area contributed by atoms with Crippen LogP contribution in [0.5, 0.6) is 0 Å². The molecule has 0 fully saturated rings. The predicted molar refractivity (Wildman–Crippen MR) is 71.5 cm³/mol. The van der Waals surface area contributed by atoms with Crippen LogP contribution in [0.4, 0.5) is 19.1 Å². The Balaban J connectivity index is 2.44. The number of benzene rings is 1. The van der Waals surface area contributed by atoms with E-state index in [4.69, 9.17) is 0 Å². The summed E-state index contributed by atoms with van der Waals surface area (Å²) in [6, 6.07) is 1.36. The molecular formula is C14H16F3N3. The van der Waals surface area contributed by atoms with Crippen molar-refractivity contribution in [1.82, 2.24) is 9.55 Å². The molecule has 0 saturated carbocycles. The van der Waals surface area contributed by atoms with E-state index in [1.165, 1.54) is 4.57 Å². The molecule has 0 aliphatic rings. The number of imidazole rings is 1. The van der Waals surface area contributed by atoms with E-state index in [0.717, 1.165) is 6.07 Å². The summed E-state index contributed by atoms with van der Waals surface area (Å²) in [7, 11) is 0. The molecular weight excluding hydrogens is 267 g/mol. The summed E-state index contributed by atoms with van der Waals surface area (Å²) < 4.78 is 41.5. The number of aromatic nitrogens is 2. The number of aryl methyl sites for hydroxylation is 1. The second kappa shape index (κ2) is 5.56. The van der Waals surface area contributed by atoms with Crippen molar-refractivity contribution in [3.05, 3.63) is 41.5 Å². The Morgan fingerprint density at radius 2 is 1.80 bits per heavy atom. The van der Waals surface area contributed by atoms with Crippen LogP contribution in [0, 0.1) is 30.3 Å². The molecule has 1 N–H and O–H groups in total. The lowest BCUT2D eigenvalue weighted by atomic mass is 10.2. The van der Waals surface area contributed by atoms with Crippen molar-refractivity contribution in [3.63, 3.8) is 0 Å². The van der Waals surface area contributed by atoms with Crippen molar-refractivity contribution in [2.24, 2.45) is 5.92 Å². The summed E-state index contributed by atoms with van der Waals surface area (Å²) in [5, 5.41) is 3.06. The van der Waals surface area contributed by atoms with Crippen LogP contribution in [0.2, 0.25) is 0 Å². The van der Waals surface area contributed by atoms with Crippen molar-refractivity contribution in [1.29, 1.82) is 0 Å². The first-order valence-corrected chi connectivity index (χ1v) is 6.33. The number of rotatable bonds is 4. The van der Waals surface area contributed by atoms with E-state index in [0.29, 0.717) is 30.2 Å². The number of hydrogen-bond donors (Lipinski definition) is 1. The fourth-order valence-electron chi connectivity index (χ4n) is 1.80. The van der Waals surface area contributed by atoms with Crippen molar-refractivity contribution in [2.45, 2.75) is 20.8 Å². The Hall–Kier alpha value is -1.98. The first kappa shape index (κ1) is 14.4. The number of halogens is 3. The van der Waals surface area contributed by atoms with Gasteiger partial charge in [0.2, 0.25) is 5.95 Å². The first-order chi connectivity index (χ1) is 9.38. The van der Waals surface area contributed by atoms with Gasteiger partial charge in [-0.05, 0) is 12.8 Å². The minimum atomic E-state index is -1.21. The molecule has 0 unspecified atom stereocenters. The van der Waals surface area contributed by atoms with Gasteiger partial charge in [-0.25, -0.2) is 18.2 Å². The van der Waals surface area contributed by atoms with Crippen LogP contribution in [-0.4, -0.2) is 16.1 Å². The number of hydrogen-bond acceptors (Lipinski definition) is 2. The van der Waals surface area contributed by atoms with Gasteiger partial charge in [0.15, 0.2) is 11.6 Å². The first-order valence-electron chi connectivity index (χ1n) is 6.33. The van der Waals surface area contributed by atoms with Gasteiger partial charge in [-0.2, -0.15) is 0 Å². The largest absolute Gasteiger partial charge is 0.355 e. The van der Waals surface area contributed by atoms with Gasteiger partial charge < -0.3 is 5.32 Å². The number of nitrogens with one attached hydrogen (secondary N) is 1.